The molecule has 0 radical (unpaired) electrons. The summed E-state index contributed by atoms with van der Waals surface area (Å²) in [5.74, 6) is 1.76. The van der Waals surface area contributed by atoms with Gasteiger partial charge in [-0.3, -0.25) is 4.79 Å². The summed E-state index contributed by atoms with van der Waals surface area (Å²) in [5.41, 5.74) is 2.57. The van der Waals surface area contributed by atoms with Gasteiger partial charge in [0.05, 0.1) is 23.9 Å². The zero-order chi connectivity index (χ0) is 21.2. The molecule has 0 unspecified atom stereocenters. The number of thiophene rings is 1. The maximum Gasteiger partial charge on any atom is 0.260 e. The van der Waals surface area contributed by atoms with Crippen molar-refractivity contribution in [1.29, 1.82) is 0 Å². The van der Waals surface area contributed by atoms with Crippen molar-refractivity contribution in [1.82, 2.24) is 30.2 Å². The molecule has 0 aliphatic heterocycles. The second-order valence-corrected chi connectivity index (χ2v) is 8.37. The van der Waals surface area contributed by atoms with Crippen LogP contribution in [0.4, 0.5) is 0 Å². The average molecular weight is 449 g/mol. The quantitative estimate of drug-likeness (QED) is 0.393. The van der Waals surface area contributed by atoms with Crippen molar-refractivity contribution in [2.45, 2.75) is 10.9 Å². The Kier molecular flexibility index (Phi) is 5.23. The molecule has 0 fully saturated rings. The summed E-state index contributed by atoms with van der Waals surface area (Å²) in [6, 6.07) is 17.3. The Morgan fingerprint density at radius 3 is 2.71 bits per heavy atom. The maximum atomic E-state index is 12.8. The molecule has 0 amide bonds. The highest BCUT2D eigenvalue weighted by molar-refractivity contribution is 7.98. The van der Waals surface area contributed by atoms with Crippen molar-refractivity contribution in [3.63, 3.8) is 0 Å². The van der Waals surface area contributed by atoms with Crippen molar-refractivity contribution in [2.75, 3.05) is 7.11 Å². The molecular formula is C21H16N6O2S2. The van der Waals surface area contributed by atoms with Crippen LogP contribution in [0.25, 0.3) is 27.0 Å². The van der Waals surface area contributed by atoms with Gasteiger partial charge in [-0.2, -0.15) is 4.68 Å². The predicted molar refractivity (Wildman–Crippen MR) is 121 cm³/mol. The highest BCUT2D eigenvalue weighted by atomic mass is 32.2. The number of aromatic nitrogens is 6. The van der Waals surface area contributed by atoms with E-state index < -0.39 is 0 Å². The first kappa shape index (κ1) is 19.5. The minimum absolute atomic E-state index is 0.143. The van der Waals surface area contributed by atoms with Gasteiger partial charge in [-0.25, -0.2) is 4.98 Å². The minimum Gasteiger partial charge on any atom is -0.497 e. The smallest absolute Gasteiger partial charge is 0.260 e. The van der Waals surface area contributed by atoms with Gasteiger partial charge in [0.25, 0.3) is 5.56 Å². The van der Waals surface area contributed by atoms with Crippen molar-refractivity contribution < 1.29 is 4.74 Å². The van der Waals surface area contributed by atoms with Crippen LogP contribution in [0.15, 0.2) is 69.9 Å². The van der Waals surface area contributed by atoms with E-state index in [-0.39, 0.29) is 5.56 Å². The van der Waals surface area contributed by atoms with Crippen LogP contribution < -0.4 is 10.3 Å². The lowest BCUT2D eigenvalue weighted by atomic mass is 10.1. The largest absolute Gasteiger partial charge is 0.497 e. The van der Waals surface area contributed by atoms with Crippen molar-refractivity contribution >= 4 is 33.3 Å². The Balaban J connectivity index is 1.40. The monoisotopic (exact) mass is 448 g/mol. The molecule has 0 atom stereocenters. The molecule has 2 aromatic carbocycles. The fourth-order valence-corrected chi connectivity index (χ4v) is 4.91. The summed E-state index contributed by atoms with van der Waals surface area (Å²) in [5, 5.41) is 15.1. The molecule has 5 aromatic rings. The SMILES string of the molecule is COc1ccc(-n2nnnc2SCc2nc3scc(-c4ccccc4)c3c(=O)[nH]2)cc1. The number of fused-ring (bicyclic) bond motifs is 1. The summed E-state index contributed by atoms with van der Waals surface area (Å²) in [6.07, 6.45) is 0. The van der Waals surface area contributed by atoms with Crippen LogP contribution in [0.5, 0.6) is 5.75 Å². The summed E-state index contributed by atoms with van der Waals surface area (Å²) in [7, 11) is 1.62. The summed E-state index contributed by atoms with van der Waals surface area (Å²) in [4.78, 5) is 21.1. The molecular weight excluding hydrogens is 432 g/mol. The topological polar surface area (TPSA) is 98.6 Å². The number of tetrazole rings is 1. The van der Waals surface area contributed by atoms with E-state index in [0.717, 1.165) is 22.6 Å². The summed E-state index contributed by atoms with van der Waals surface area (Å²) in [6.45, 7) is 0. The minimum atomic E-state index is -0.143. The molecule has 31 heavy (non-hydrogen) atoms. The number of nitrogens with one attached hydrogen (secondary N) is 1. The fourth-order valence-electron chi connectivity index (χ4n) is 3.18. The predicted octanol–water partition coefficient (Wildman–Crippen LogP) is 3.93. The van der Waals surface area contributed by atoms with Crippen LogP contribution in [0.2, 0.25) is 0 Å². The number of hydrogen-bond donors (Lipinski definition) is 1. The third-order valence-electron chi connectivity index (χ3n) is 4.67. The van der Waals surface area contributed by atoms with E-state index in [2.05, 4.69) is 25.5 Å². The fraction of sp³-hybridized carbons (Fsp3) is 0.0952. The van der Waals surface area contributed by atoms with Gasteiger partial charge in [0.2, 0.25) is 5.16 Å². The molecule has 5 rings (SSSR count). The van der Waals surface area contributed by atoms with Crippen LogP contribution in [0, 0.1) is 0 Å². The number of benzene rings is 2. The zero-order valence-electron chi connectivity index (χ0n) is 16.3. The molecule has 0 spiro atoms. The maximum absolute atomic E-state index is 12.8. The van der Waals surface area contributed by atoms with Crippen molar-refractivity contribution in [3.8, 4) is 22.6 Å². The Morgan fingerprint density at radius 2 is 1.94 bits per heavy atom. The van der Waals surface area contributed by atoms with Crippen LogP contribution in [-0.2, 0) is 5.75 Å². The number of methoxy groups -OCH3 is 1. The Morgan fingerprint density at radius 1 is 1.13 bits per heavy atom. The van der Waals surface area contributed by atoms with Gasteiger partial charge in [0.15, 0.2) is 0 Å². The molecule has 1 N–H and O–H groups in total. The highest BCUT2D eigenvalue weighted by Crippen LogP contribution is 2.31. The highest BCUT2D eigenvalue weighted by Gasteiger charge is 2.15. The number of H-pyrrole nitrogens is 1. The third kappa shape index (κ3) is 3.82. The van der Waals surface area contributed by atoms with Gasteiger partial charge >= 0.3 is 0 Å². The van der Waals surface area contributed by atoms with Crippen molar-refractivity contribution in [3.05, 3.63) is 76.2 Å². The van der Waals surface area contributed by atoms with E-state index in [4.69, 9.17) is 4.74 Å². The lowest BCUT2D eigenvalue weighted by Crippen LogP contribution is -2.11. The molecule has 0 bridgehead atoms. The van der Waals surface area contributed by atoms with Gasteiger partial charge < -0.3 is 9.72 Å². The third-order valence-corrected chi connectivity index (χ3v) is 6.48. The number of hydrogen-bond acceptors (Lipinski definition) is 8. The van der Waals surface area contributed by atoms with E-state index in [1.54, 1.807) is 11.8 Å². The first-order valence-electron chi connectivity index (χ1n) is 9.34. The van der Waals surface area contributed by atoms with E-state index in [1.165, 1.54) is 23.1 Å². The average Bonchev–Trinajstić information content (AvgIpc) is 3.46. The van der Waals surface area contributed by atoms with Crippen LogP contribution >= 0.6 is 23.1 Å². The van der Waals surface area contributed by atoms with Crippen molar-refractivity contribution in [2.24, 2.45) is 0 Å². The molecule has 0 aliphatic carbocycles. The second-order valence-electron chi connectivity index (χ2n) is 6.57. The number of nitrogens with zero attached hydrogens (tertiary/aromatic N) is 5. The first-order chi connectivity index (χ1) is 15.2. The van der Waals surface area contributed by atoms with E-state index in [1.807, 2.05) is 60.0 Å². The molecule has 10 heteroatoms. The summed E-state index contributed by atoms with van der Waals surface area (Å²) >= 11 is 2.87. The summed E-state index contributed by atoms with van der Waals surface area (Å²) < 4.78 is 6.83. The van der Waals surface area contributed by atoms with Crippen LogP contribution in [0.1, 0.15) is 5.82 Å². The Bertz CT molecular complexity index is 1390. The number of ether oxygens (including phenoxy) is 1. The number of aromatic amines is 1. The van der Waals surface area contributed by atoms with Gasteiger partial charge in [0, 0.05) is 10.9 Å². The molecule has 8 nitrogen and oxygen atoms in total. The van der Waals surface area contributed by atoms with Gasteiger partial charge in [-0.1, -0.05) is 42.1 Å². The van der Waals surface area contributed by atoms with E-state index >= 15 is 0 Å². The Labute approximate surface area is 184 Å². The van der Waals surface area contributed by atoms with Gasteiger partial charge in [-0.15, -0.1) is 16.4 Å². The molecule has 0 saturated carbocycles. The second kappa shape index (κ2) is 8.32. The van der Waals surface area contributed by atoms with E-state index in [9.17, 15) is 4.79 Å². The first-order valence-corrected chi connectivity index (χ1v) is 11.2. The zero-order valence-corrected chi connectivity index (χ0v) is 18.0. The molecule has 0 aliphatic rings. The van der Waals surface area contributed by atoms with Gasteiger partial charge in [-0.05, 0) is 40.3 Å². The van der Waals surface area contributed by atoms with Crippen LogP contribution in [0.3, 0.4) is 0 Å². The standard InChI is InChI=1S/C21H16N6O2S2/c1-29-15-9-7-14(8-10-15)27-21(24-25-26-27)31-12-17-22-19(28)18-16(11-30-20(18)23-17)13-5-3-2-4-6-13/h2-11H,12H2,1H3,(H,22,23,28). The van der Waals surface area contributed by atoms with Crippen LogP contribution in [-0.4, -0.2) is 37.3 Å². The number of thioether (sulfide) groups is 1. The molecule has 154 valence electrons. The number of rotatable bonds is 6. The molecule has 3 heterocycles. The lowest BCUT2D eigenvalue weighted by Gasteiger charge is -2.05. The van der Waals surface area contributed by atoms with Gasteiger partial charge in [0.1, 0.15) is 16.4 Å². The van der Waals surface area contributed by atoms with E-state index in [0.29, 0.717) is 27.0 Å². The molecule has 0 saturated heterocycles. The lowest BCUT2D eigenvalue weighted by molar-refractivity contribution is 0.414. The molecule has 3 aromatic heterocycles. The normalized spacial score (nSPS) is 11.1. The Hall–Kier alpha value is -3.50.